The molecule has 0 saturated heterocycles. The highest BCUT2D eigenvalue weighted by molar-refractivity contribution is 5.22. The lowest BCUT2D eigenvalue weighted by atomic mass is 10.1. The summed E-state index contributed by atoms with van der Waals surface area (Å²) in [4.78, 5) is 3.99. The minimum Gasteiger partial charge on any atom is -0.306 e. The molecule has 2 aromatic rings. The standard InChI is InChI=1S/C14H14F2N2/c1-10(12-5-2-6-13(15)14(12)16)18-9-11-4-3-7-17-8-11/h2-8,10,18H,9H2,1H3. The van der Waals surface area contributed by atoms with Crippen molar-refractivity contribution < 1.29 is 8.78 Å². The molecule has 1 atom stereocenters. The van der Waals surface area contributed by atoms with Gasteiger partial charge >= 0.3 is 0 Å². The van der Waals surface area contributed by atoms with Crippen LogP contribution in [-0.2, 0) is 6.54 Å². The minimum atomic E-state index is -0.817. The predicted octanol–water partition coefficient (Wildman–Crippen LogP) is 3.21. The fraction of sp³-hybridized carbons (Fsp3) is 0.214. The lowest BCUT2D eigenvalue weighted by molar-refractivity contribution is 0.472. The third-order valence-corrected chi connectivity index (χ3v) is 2.78. The molecule has 0 radical (unpaired) electrons. The summed E-state index contributed by atoms with van der Waals surface area (Å²) < 4.78 is 26.6. The summed E-state index contributed by atoms with van der Waals surface area (Å²) in [6.07, 6.45) is 3.43. The zero-order valence-corrected chi connectivity index (χ0v) is 10.0. The highest BCUT2D eigenvalue weighted by atomic mass is 19.2. The van der Waals surface area contributed by atoms with Gasteiger partial charge in [-0.25, -0.2) is 8.78 Å². The average molecular weight is 248 g/mol. The largest absolute Gasteiger partial charge is 0.306 e. The maximum Gasteiger partial charge on any atom is 0.163 e. The average Bonchev–Trinajstić information content (AvgIpc) is 2.40. The second kappa shape index (κ2) is 5.69. The molecule has 1 unspecified atom stereocenters. The molecule has 0 bridgehead atoms. The summed E-state index contributed by atoms with van der Waals surface area (Å²) in [5, 5.41) is 3.14. The van der Waals surface area contributed by atoms with Gasteiger partial charge in [-0.15, -0.1) is 0 Å². The Labute approximate surface area is 105 Å². The normalized spacial score (nSPS) is 12.4. The van der Waals surface area contributed by atoms with Crippen molar-refractivity contribution in [1.29, 1.82) is 0 Å². The quantitative estimate of drug-likeness (QED) is 0.898. The molecule has 2 nitrogen and oxygen atoms in total. The Bertz CT molecular complexity index is 514. The van der Waals surface area contributed by atoms with Gasteiger partial charge < -0.3 is 5.32 Å². The number of rotatable bonds is 4. The second-order valence-corrected chi connectivity index (χ2v) is 4.11. The number of nitrogens with zero attached hydrogens (tertiary/aromatic N) is 1. The Hall–Kier alpha value is -1.81. The first-order valence-electron chi connectivity index (χ1n) is 5.74. The molecule has 1 heterocycles. The summed E-state index contributed by atoms with van der Waals surface area (Å²) in [5.74, 6) is -1.61. The molecule has 0 aliphatic rings. The number of hydrogen-bond donors (Lipinski definition) is 1. The molecule has 18 heavy (non-hydrogen) atoms. The smallest absolute Gasteiger partial charge is 0.163 e. The monoisotopic (exact) mass is 248 g/mol. The molecular formula is C14H14F2N2. The first-order chi connectivity index (χ1) is 8.68. The highest BCUT2D eigenvalue weighted by Gasteiger charge is 2.13. The van der Waals surface area contributed by atoms with E-state index in [1.807, 2.05) is 12.1 Å². The molecule has 4 heteroatoms. The van der Waals surface area contributed by atoms with E-state index in [9.17, 15) is 8.78 Å². The van der Waals surface area contributed by atoms with Crippen molar-refractivity contribution in [3.05, 3.63) is 65.5 Å². The summed E-state index contributed by atoms with van der Waals surface area (Å²) in [6.45, 7) is 2.36. The zero-order chi connectivity index (χ0) is 13.0. The number of aromatic nitrogens is 1. The first kappa shape index (κ1) is 12.6. The summed E-state index contributed by atoms with van der Waals surface area (Å²) in [7, 11) is 0. The number of halogens is 2. The highest BCUT2D eigenvalue weighted by Crippen LogP contribution is 2.19. The van der Waals surface area contributed by atoms with Gasteiger partial charge in [0.2, 0.25) is 0 Å². The SMILES string of the molecule is CC(NCc1cccnc1)c1cccc(F)c1F. The maximum atomic E-state index is 13.6. The van der Waals surface area contributed by atoms with E-state index in [-0.39, 0.29) is 6.04 Å². The Balaban J connectivity index is 2.04. The van der Waals surface area contributed by atoms with Gasteiger partial charge in [0.15, 0.2) is 11.6 Å². The predicted molar refractivity (Wildman–Crippen MR) is 65.8 cm³/mol. The lowest BCUT2D eigenvalue weighted by Crippen LogP contribution is -2.19. The molecular weight excluding hydrogens is 234 g/mol. The molecule has 1 aromatic carbocycles. The van der Waals surface area contributed by atoms with E-state index in [4.69, 9.17) is 0 Å². The van der Waals surface area contributed by atoms with Crippen LogP contribution in [0.5, 0.6) is 0 Å². The molecule has 0 saturated carbocycles. The van der Waals surface area contributed by atoms with Gasteiger partial charge in [-0.1, -0.05) is 18.2 Å². The summed E-state index contributed by atoms with van der Waals surface area (Å²) in [5.41, 5.74) is 1.33. The van der Waals surface area contributed by atoms with Crippen LogP contribution in [0.15, 0.2) is 42.7 Å². The summed E-state index contributed by atoms with van der Waals surface area (Å²) >= 11 is 0. The van der Waals surface area contributed by atoms with E-state index in [0.717, 1.165) is 11.6 Å². The van der Waals surface area contributed by atoms with E-state index >= 15 is 0 Å². The van der Waals surface area contributed by atoms with Crippen LogP contribution in [0.1, 0.15) is 24.1 Å². The van der Waals surface area contributed by atoms with Crippen LogP contribution < -0.4 is 5.32 Å². The van der Waals surface area contributed by atoms with Gasteiger partial charge in [0, 0.05) is 30.5 Å². The molecule has 0 spiro atoms. The molecule has 1 aromatic heterocycles. The van der Waals surface area contributed by atoms with Crippen LogP contribution >= 0.6 is 0 Å². The van der Waals surface area contributed by atoms with Gasteiger partial charge in [0.05, 0.1) is 0 Å². The van der Waals surface area contributed by atoms with E-state index in [2.05, 4.69) is 10.3 Å². The molecule has 0 fully saturated rings. The Morgan fingerprint density at radius 3 is 2.78 bits per heavy atom. The topological polar surface area (TPSA) is 24.9 Å². The Morgan fingerprint density at radius 2 is 2.06 bits per heavy atom. The first-order valence-corrected chi connectivity index (χ1v) is 5.74. The van der Waals surface area contributed by atoms with Crippen molar-refractivity contribution >= 4 is 0 Å². The molecule has 0 aliphatic heterocycles. The van der Waals surface area contributed by atoms with Crippen molar-refractivity contribution in [3.63, 3.8) is 0 Å². The third kappa shape index (κ3) is 2.90. The van der Waals surface area contributed by atoms with Crippen molar-refractivity contribution in [2.45, 2.75) is 19.5 Å². The molecule has 94 valence electrons. The molecule has 1 N–H and O–H groups in total. The number of benzene rings is 1. The van der Waals surface area contributed by atoms with Gasteiger partial charge in [-0.2, -0.15) is 0 Å². The molecule has 2 rings (SSSR count). The van der Waals surface area contributed by atoms with Crippen LogP contribution in [-0.4, -0.2) is 4.98 Å². The van der Waals surface area contributed by atoms with Crippen molar-refractivity contribution in [2.75, 3.05) is 0 Å². The Morgan fingerprint density at radius 1 is 1.22 bits per heavy atom. The Kier molecular flexibility index (Phi) is 3.99. The number of nitrogens with one attached hydrogen (secondary N) is 1. The van der Waals surface area contributed by atoms with Crippen molar-refractivity contribution in [1.82, 2.24) is 10.3 Å². The molecule has 0 amide bonds. The van der Waals surface area contributed by atoms with Crippen LogP contribution in [0.25, 0.3) is 0 Å². The zero-order valence-electron chi connectivity index (χ0n) is 10.0. The van der Waals surface area contributed by atoms with Gasteiger partial charge in [0.1, 0.15) is 0 Å². The fourth-order valence-corrected chi connectivity index (χ4v) is 1.74. The van der Waals surface area contributed by atoms with Crippen LogP contribution in [0.4, 0.5) is 8.78 Å². The number of hydrogen-bond acceptors (Lipinski definition) is 2. The summed E-state index contributed by atoms with van der Waals surface area (Å²) in [6, 6.07) is 7.71. The minimum absolute atomic E-state index is 0.263. The van der Waals surface area contributed by atoms with E-state index < -0.39 is 11.6 Å². The third-order valence-electron chi connectivity index (χ3n) is 2.78. The van der Waals surface area contributed by atoms with Crippen LogP contribution in [0.3, 0.4) is 0 Å². The fourth-order valence-electron chi connectivity index (χ4n) is 1.74. The van der Waals surface area contributed by atoms with Crippen LogP contribution in [0, 0.1) is 11.6 Å². The van der Waals surface area contributed by atoms with E-state index in [0.29, 0.717) is 12.1 Å². The van der Waals surface area contributed by atoms with Crippen molar-refractivity contribution in [3.8, 4) is 0 Å². The van der Waals surface area contributed by atoms with Gasteiger partial charge in [-0.3, -0.25) is 4.98 Å². The van der Waals surface area contributed by atoms with E-state index in [1.165, 1.54) is 6.07 Å². The number of pyridine rings is 1. The lowest BCUT2D eigenvalue weighted by Gasteiger charge is -2.15. The van der Waals surface area contributed by atoms with Gasteiger partial charge in [0.25, 0.3) is 0 Å². The van der Waals surface area contributed by atoms with Gasteiger partial charge in [-0.05, 0) is 24.6 Å². The maximum absolute atomic E-state index is 13.6. The van der Waals surface area contributed by atoms with Crippen molar-refractivity contribution in [2.24, 2.45) is 0 Å². The van der Waals surface area contributed by atoms with E-state index in [1.54, 1.807) is 25.4 Å². The second-order valence-electron chi connectivity index (χ2n) is 4.11. The molecule has 0 aliphatic carbocycles. The van der Waals surface area contributed by atoms with Crippen LogP contribution in [0.2, 0.25) is 0 Å².